The number of anilines is 1. The van der Waals surface area contributed by atoms with Gasteiger partial charge in [0.25, 0.3) is 5.91 Å². The second-order valence-electron chi connectivity index (χ2n) is 7.10. The Labute approximate surface area is 180 Å². The van der Waals surface area contributed by atoms with E-state index in [1.807, 2.05) is 18.2 Å². The summed E-state index contributed by atoms with van der Waals surface area (Å²) in [7, 11) is 0. The molecule has 2 heterocycles. The van der Waals surface area contributed by atoms with Crippen LogP contribution in [0.4, 0.5) is 10.1 Å². The number of benzene rings is 2. The van der Waals surface area contributed by atoms with Crippen molar-refractivity contribution in [2.24, 2.45) is 0 Å². The topological polar surface area (TPSA) is 69.0 Å². The first kappa shape index (κ1) is 21.4. The minimum atomic E-state index is -0.255. The molecule has 0 fully saturated rings. The standard InChI is InChI=1S/C23H19FN4O.ClH/c24-21-4-3-18-7-8-28(15-20(18)10-21)14-17-9-19(13-26-12-17)23(29)27-22-5-1-16(11-25)2-6-22;/h1-6,9-10,12-13H,7-8,14-15H2,(H,27,29);1H. The summed E-state index contributed by atoms with van der Waals surface area (Å²) in [5.41, 5.74) is 4.76. The molecule has 1 N–H and O–H groups in total. The van der Waals surface area contributed by atoms with Gasteiger partial charge in [-0.05, 0) is 65.6 Å². The van der Waals surface area contributed by atoms with Crippen LogP contribution in [0.3, 0.4) is 0 Å². The molecule has 0 saturated carbocycles. The predicted octanol–water partition coefficient (Wildman–Crippen LogP) is 4.32. The van der Waals surface area contributed by atoms with Crippen molar-refractivity contribution in [3.05, 3.63) is 94.6 Å². The fraction of sp³-hybridized carbons (Fsp3) is 0.174. The third-order valence-corrected chi connectivity index (χ3v) is 4.99. The highest BCUT2D eigenvalue weighted by Gasteiger charge is 2.17. The molecule has 0 saturated heterocycles. The number of carbonyl (C=O) groups is 1. The molecule has 30 heavy (non-hydrogen) atoms. The van der Waals surface area contributed by atoms with Gasteiger partial charge in [-0.1, -0.05) is 6.07 Å². The number of amides is 1. The van der Waals surface area contributed by atoms with Crippen LogP contribution in [0.1, 0.15) is 32.6 Å². The van der Waals surface area contributed by atoms with Crippen LogP contribution in [-0.2, 0) is 19.5 Å². The number of nitrogens with zero attached hydrogens (tertiary/aromatic N) is 3. The number of hydrogen-bond donors (Lipinski definition) is 1. The zero-order chi connectivity index (χ0) is 20.2. The Hall–Kier alpha value is -3.27. The molecule has 1 amide bonds. The van der Waals surface area contributed by atoms with Gasteiger partial charge < -0.3 is 5.32 Å². The van der Waals surface area contributed by atoms with Crippen LogP contribution in [0.15, 0.2) is 60.9 Å². The van der Waals surface area contributed by atoms with Crippen LogP contribution in [0.25, 0.3) is 0 Å². The number of halogens is 2. The number of hydrogen-bond acceptors (Lipinski definition) is 4. The van der Waals surface area contributed by atoms with Crippen LogP contribution in [0.5, 0.6) is 0 Å². The van der Waals surface area contributed by atoms with Gasteiger partial charge in [-0.25, -0.2) is 4.39 Å². The highest BCUT2D eigenvalue weighted by molar-refractivity contribution is 6.04. The summed E-state index contributed by atoms with van der Waals surface area (Å²) in [6, 6.07) is 15.5. The molecule has 1 aliphatic rings. The van der Waals surface area contributed by atoms with E-state index in [0.717, 1.165) is 24.1 Å². The van der Waals surface area contributed by atoms with E-state index in [1.165, 1.54) is 17.8 Å². The number of pyridine rings is 1. The molecule has 4 rings (SSSR count). The number of nitrogens with one attached hydrogen (secondary N) is 1. The van der Waals surface area contributed by atoms with Crippen molar-refractivity contribution in [3.8, 4) is 6.07 Å². The fourth-order valence-corrected chi connectivity index (χ4v) is 3.51. The Balaban J connectivity index is 0.00000256. The number of rotatable bonds is 4. The van der Waals surface area contributed by atoms with Gasteiger partial charge in [0, 0.05) is 37.7 Å². The van der Waals surface area contributed by atoms with Crippen LogP contribution in [0, 0.1) is 17.1 Å². The molecule has 1 aromatic heterocycles. The summed E-state index contributed by atoms with van der Waals surface area (Å²) in [6.45, 7) is 2.19. The number of carbonyl (C=O) groups excluding carboxylic acids is 1. The summed E-state index contributed by atoms with van der Waals surface area (Å²) in [5.74, 6) is -0.469. The average molecular weight is 423 g/mol. The first-order valence-corrected chi connectivity index (χ1v) is 9.36. The van der Waals surface area contributed by atoms with Crippen LogP contribution in [-0.4, -0.2) is 22.3 Å². The summed E-state index contributed by atoms with van der Waals surface area (Å²) in [6.07, 6.45) is 4.16. The molecule has 2 aromatic carbocycles. The van der Waals surface area contributed by atoms with Crippen LogP contribution >= 0.6 is 12.4 Å². The van der Waals surface area contributed by atoms with Crippen molar-refractivity contribution in [2.45, 2.75) is 19.5 Å². The van der Waals surface area contributed by atoms with Crippen molar-refractivity contribution < 1.29 is 9.18 Å². The lowest BCUT2D eigenvalue weighted by atomic mass is 9.99. The van der Waals surface area contributed by atoms with Crippen molar-refractivity contribution in [1.29, 1.82) is 5.26 Å². The normalized spacial score (nSPS) is 12.9. The molecular formula is C23H20ClFN4O. The monoisotopic (exact) mass is 422 g/mol. The van der Waals surface area contributed by atoms with E-state index in [2.05, 4.69) is 15.2 Å². The molecule has 1 aliphatic heterocycles. The van der Waals surface area contributed by atoms with Crippen LogP contribution < -0.4 is 5.32 Å². The Morgan fingerprint density at radius 2 is 1.93 bits per heavy atom. The number of aromatic nitrogens is 1. The molecule has 7 heteroatoms. The molecule has 5 nitrogen and oxygen atoms in total. The zero-order valence-electron chi connectivity index (χ0n) is 16.1. The highest BCUT2D eigenvalue weighted by Crippen LogP contribution is 2.21. The smallest absolute Gasteiger partial charge is 0.257 e. The first-order chi connectivity index (χ1) is 14.1. The molecule has 0 unspecified atom stereocenters. The molecule has 0 aliphatic carbocycles. The minimum absolute atomic E-state index is 0. The Morgan fingerprint density at radius 3 is 2.70 bits per heavy atom. The molecule has 3 aromatic rings. The third-order valence-electron chi connectivity index (χ3n) is 4.99. The summed E-state index contributed by atoms with van der Waals surface area (Å²) < 4.78 is 13.5. The van der Waals surface area contributed by atoms with Crippen molar-refractivity contribution in [1.82, 2.24) is 9.88 Å². The van der Waals surface area contributed by atoms with E-state index < -0.39 is 0 Å². The lowest BCUT2D eigenvalue weighted by Gasteiger charge is -2.28. The SMILES string of the molecule is Cl.N#Cc1ccc(NC(=O)c2cncc(CN3CCc4ccc(F)cc4C3)c2)cc1. The van der Waals surface area contributed by atoms with E-state index in [1.54, 1.807) is 36.5 Å². The van der Waals surface area contributed by atoms with Crippen molar-refractivity contribution in [3.63, 3.8) is 0 Å². The third kappa shape index (κ3) is 5.01. The molecule has 0 atom stereocenters. The van der Waals surface area contributed by atoms with Gasteiger partial charge in [0.05, 0.1) is 17.2 Å². The molecule has 0 bridgehead atoms. The molecule has 0 radical (unpaired) electrons. The first-order valence-electron chi connectivity index (χ1n) is 9.36. The highest BCUT2D eigenvalue weighted by atomic mass is 35.5. The van der Waals surface area contributed by atoms with E-state index >= 15 is 0 Å². The molecule has 152 valence electrons. The van der Waals surface area contributed by atoms with Crippen molar-refractivity contribution in [2.75, 3.05) is 11.9 Å². The molecular weight excluding hydrogens is 403 g/mol. The van der Waals surface area contributed by atoms with E-state index in [-0.39, 0.29) is 24.1 Å². The molecule has 0 spiro atoms. The Bertz CT molecular complexity index is 1100. The maximum atomic E-state index is 13.5. The van der Waals surface area contributed by atoms with Gasteiger partial charge in [-0.3, -0.25) is 14.7 Å². The Kier molecular flexibility index (Phi) is 6.78. The fourth-order valence-electron chi connectivity index (χ4n) is 3.51. The largest absolute Gasteiger partial charge is 0.322 e. The Morgan fingerprint density at radius 1 is 1.13 bits per heavy atom. The van der Waals surface area contributed by atoms with Gasteiger partial charge in [0.1, 0.15) is 5.82 Å². The maximum Gasteiger partial charge on any atom is 0.257 e. The van der Waals surface area contributed by atoms with Gasteiger partial charge in [-0.15, -0.1) is 12.4 Å². The van der Waals surface area contributed by atoms with E-state index in [9.17, 15) is 9.18 Å². The predicted molar refractivity (Wildman–Crippen MR) is 115 cm³/mol. The second-order valence-corrected chi connectivity index (χ2v) is 7.10. The average Bonchev–Trinajstić information content (AvgIpc) is 2.74. The van der Waals surface area contributed by atoms with Gasteiger partial charge in [0.15, 0.2) is 0 Å². The van der Waals surface area contributed by atoms with Gasteiger partial charge >= 0.3 is 0 Å². The number of nitriles is 1. The quantitative estimate of drug-likeness (QED) is 0.679. The summed E-state index contributed by atoms with van der Waals surface area (Å²) in [4.78, 5) is 19.0. The second kappa shape index (κ2) is 9.49. The van der Waals surface area contributed by atoms with Crippen molar-refractivity contribution >= 4 is 24.0 Å². The maximum absolute atomic E-state index is 13.5. The van der Waals surface area contributed by atoms with E-state index in [4.69, 9.17) is 5.26 Å². The summed E-state index contributed by atoms with van der Waals surface area (Å²) in [5, 5.41) is 11.7. The summed E-state index contributed by atoms with van der Waals surface area (Å²) >= 11 is 0. The van der Waals surface area contributed by atoms with Gasteiger partial charge in [0.2, 0.25) is 0 Å². The van der Waals surface area contributed by atoms with E-state index in [0.29, 0.717) is 29.9 Å². The lowest BCUT2D eigenvalue weighted by molar-refractivity contribution is 0.102. The lowest BCUT2D eigenvalue weighted by Crippen LogP contribution is -2.30. The minimum Gasteiger partial charge on any atom is -0.322 e. The number of fused-ring (bicyclic) bond motifs is 1. The van der Waals surface area contributed by atoms with Crippen LogP contribution in [0.2, 0.25) is 0 Å². The zero-order valence-corrected chi connectivity index (χ0v) is 17.0. The van der Waals surface area contributed by atoms with Gasteiger partial charge in [-0.2, -0.15) is 5.26 Å².